The monoisotopic (exact) mass is 305 g/mol. The predicted octanol–water partition coefficient (Wildman–Crippen LogP) is 2.56. The molecule has 0 spiro atoms. The highest BCUT2D eigenvalue weighted by molar-refractivity contribution is 7.18. The fourth-order valence-electron chi connectivity index (χ4n) is 2.56. The molecule has 1 aromatic rings. The van der Waals surface area contributed by atoms with Crippen molar-refractivity contribution in [3.63, 3.8) is 0 Å². The molecular formula is C15H19N3O2S. The number of nitrogens with one attached hydrogen (secondary N) is 1. The summed E-state index contributed by atoms with van der Waals surface area (Å²) in [6, 6.07) is 2.08. The number of piperidine rings is 1. The fourth-order valence-corrected chi connectivity index (χ4v) is 3.63. The Hall–Kier alpha value is -1.71. The Morgan fingerprint density at radius 1 is 1.33 bits per heavy atom. The van der Waals surface area contributed by atoms with Gasteiger partial charge < -0.3 is 5.32 Å². The van der Waals surface area contributed by atoms with E-state index in [1.165, 1.54) is 24.7 Å². The summed E-state index contributed by atoms with van der Waals surface area (Å²) in [6.45, 7) is 5.45. The second-order valence-electron chi connectivity index (χ2n) is 5.31. The molecule has 0 unspecified atom stereocenters. The molecule has 1 aliphatic heterocycles. The van der Waals surface area contributed by atoms with E-state index in [1.54, 1.807) is 6.92 Å². The molecule has 1 aliphatic rings. The zero-order valence-corrected chi connectivity index (χ0v) is 13.2. The first-order chi connectivity index (χ1) is 10.0. The number of likely N-dealkylation sites (tertiary alicyclic amines) is 1. The number of nitrogens with zero attached hydrogens (tertiary/aromatic N) is 2. The zero-order valence-electron chi connectivity index (χ0n) is 12.4. The molecule has 6 heteroatoms. The normalized spacial score (nSPS) is 15.5. The van der Waals surface area contributed by atoms with Crippen molar-refractivity contribution in [1.82, 2.24) is 4.90 Å². The molecule has 1 aromatic heterocycles. The number of carbonyl (C=O) groups is 2. The molecule has 0 aromatic carbocycles. The summed E-state index contributed by atoms with van der Waals surface area (Å²) in [5.74, 6) is -0.199. The second kappa shape index (κ2) is 6.83. The third-order valence-electron chi connectivity index (χ3n) is 3.65. The third-order valence-corrected chi connectivity index (χ3v) is 4.96. The Morgan fingerprint density at radius 3 is 2.57 bits per heavy atom. The lowest BCUT2D eigenvalue weighted by molar-refractivity contribution is -0.117. The van der Waals surface area contributed by atoms with E-state index in [9.17, 15) is 14.9 Å². The summed E-state index contributed by atoms with van der Waals surface area (Å²) in [5.41, 5.74) is 1.06. The van der Waals surface area contributed by atoms with Crippen molar-refractivity contribution in [2.45, 2.75) is 33.1 Å². The third kappa shape index (κ3) is 3.69. The van der Waals surface area contributed by atoms with Gasteiger partial charge in [0.1, 0.15) is 11.1 Å². The van der Waals surface area contributed by atoms with Gasteiger partial charge in [0, 0.05) is 0 Å². The molecular weight excluding hydrogens is 286 g/mol. The van der Waals surface area contributed by atoms with Crippen LogP contribution < -0.4 is 5.32 Å². The van der Waals surface area contributed by atoms with Crippen LogP contribution in [0.15, 0.2) is 0 Å². The van der Waals surface area contributed by atoms with Gasteiger partial charge in [-0.25, -0.2) is 0 Å². The van der Waals surface area contributed by atoms with E-state index < -0.39 is 0 Å². The number of Topliss-reactive ketones (excluding diaryl/α,β-unsaturated/α-hetero) is 1. The molecule has 1 amide bonds. The van der Waals surface area contributed by atoms with Crippen molar-refractivity contribution in [1.29, 1.82) is 5.26 Å². The van der Waals surface area contributed by atoms with Crippen molar-refractivity contribution in [2.75, 3.05) is 25.0 Å². The average molecular weight is 305 g/mol. The van der Waals surface area contributed by atoms with Gasteiger partial charge in [0.25, 0.3) is 0 Å². The van der Waals surface area contributed by atoms with Gasteiger partial charge in [0.2, 0.25) is 5.91 Å². The SMILES string of the molecule is CC(=O)c1sc(NC(=O)CN2CCCCC2)c(C#N)c1C. The fraction of sp³-hybridized carbons (Fsp3) is 0.533. The van der Waals surface area contributed by atoms with Crippen LogP contribution in [-0.4, -0.2) is 36.2 Å². The molecule has 0 aliphatic carbocycles. The Morgan fingerprint density at radius 2 is 2.00 bits per heavy atom. The van der Waals surface area contributed by atoms with Gasteiger partial charge in [-0.05, 0) is 45.3 Å². The maximum Gasteiger partial charge on any atom is 0.239 e. The summed E-state index contributed by atoms with van der Waals surface area (Å²) in [6.07, 6.45) is 3.48. The summed E-state index contributed by atoms with van der Waals surface area (Å²) < 4.78 is 0. The largest absolute Gasteiger partial charge is 0.315 e. The van der Waals surface area contributed by atoms with Crippen LogP contribution in [0.3, 0.4) is 0 Å². The average Bonchev–Trinajstić information content (AvgIpc) is 2.76. The van der Waals surface area contributed by atoms with Gasteiger partial charge in [-0.3, -0.25) is 14.5 Å². The molecule has 5 nitrogen and oxygen atoms in total. The highest BCUT2D eigenvalue weighted by Crippen LogP contribution is 2.32. The number of amides is 1. The smallest absolute Gasteiger partial charge is 0.239 e. The van der Waals surface area contributed by atoms with Crippen LogP contribution in [0.2, 0.25) is 0 Å². The number of nitriles is 1. The molecule has 1 saturated heterocycles. The minimum Gasteiger partial charge on any atom is -0.315 e. The van der Waals surface area contributed by atoms with Crippen molar-refractivity contribution in [3.8, 4) is 6.07 Å². The maximum atomic E-state index is 12.1. The number of hydrogen-bond donors (Lipinski definition) is 1. The van der Waals surface area contributed by atoms with Crippen LogP contribution in [0.25, 0.3) is 0 Å². The van der Waals surface area contributed by atoms with Gasteiger partial charge in [-0.15, -0.1) is 11.3 Å². The van der Waals surface area contributed by atoms with Crippen LogP contribution in [-0.2, 0) is 4.79 Å². The number of ketones is 1. The lowest BCUT2D eigenvalue weighted by Gasteiger charge is -2.25. The topological polar surface area (TPSA) is 73.2 Å². The summed E-state index contributed by atoms with van der Waals surface area (Å²) in [5, 5.41) is 12.5. The first-order valence-corrected chi connectivity index (χ1v) is 7.91. The molecule has 0 bridgehead atoms. The quantitative estimate of drug-likeness (QED) is 0.868. The number of hydrogen-bond acceptors (Lipinski definition) is 5. The Kier molecular flexibility index (Phi) is 5.10. The van der Waals surface area contributed by atoms with Gasteiger partial charge >= 0.3 is 0 Å². The molecule has 1 N–H and O–H groups in total. The Labute approximate surface area is 128 Å². The lowest BCUT2D eigenvalue weighted by Crippen LogP contribution is -2.36. The van der Waals surface area contributed by atoms with Gasteiger partial charge in [0.05, 0.1) is 17.0 Å². The first-order valence-electron chi connectivity index (χ1n) is 7.09. The van der Waals surface area contributed by atoms with E-state index in [4.69, 9.17) is 0 Å². The van der Waals surface area contributed by atoms with E-state index in [1.807, 2.05) is 0 Å². The summed E-state index contributed by atoms with van der Waals surface area (Å²) in [4.78, 5) is 26.3. The number of thiophene rings is 1. The minimum absolute atomic E-state index is 0.0782. The van der Waals surface area contributed by atoms with E-state index >= 15 is 0 Å². The molecule has 2 rings (SSSR count). The van der Waals surface area contributed by atoms with Gasteiger partial charge in [0.15, 0.2) is 5.78 Å². The molecule has 0 atom stereocenters. The highest BCUT2D eigenvalue weighted by Gasteiger charge is 2.20. The van der Waals surface area contributed by atoms with Gasteiger partial charge in [-0.2, -0.15) is 5.26 Å². The van der Waals surface area contributed by atoms with E-state index in [0.29, 0.717) is 27.5 Å². The number of anilines is 1. The second-order valence-corrected chi connectivity index (χ2v) is 6.33. The Bertz CT molecular complexity index is 595. The van der Waals surface area contributed by atoms with E-state index in [2.05, 4.69) is 16.3 Å². The standard InChI is InChI=1S/C15H19N3O2S/c1-10-12(8-16)15(21-14(10)11(2)19)17-13(20)9-18-6-4-3-5-7-18/h3-7,9H2,1-2H3,(H,17,20). The predicted molar refractivity (Wildman–Crippen MR) is 82.7 cm³/mol. The van der Waals surface area contributed by atoms with Crippen molar-refractivity contribution < 1.29 is 9.59 Å². The van der Waals surface area contributed by atoms with Crippen LogP contribution >= 0.6 is 11.3 Å². The Balaban J connectivity index is 2.08. The van der Waals surface area contributed by atoms with Crippen molar-refractivity contribution in [2.24, 2.45) is 0 Å². The lowest BCUT2D eigenvalue weighted by atomic mass is 10.1. The molecule has 112 valence electrons. The molecule has 21 heavy (non-hydrogen) atoms. The summed E-state index contributed by atoms with van der Waals surface area (Å²) >= 11 is 1.19. The molecule has 1 fully saturated rings. The maximum absolute atomic E-state index is 12.1. The van der Waals surface area contributed by atoms with Crippen LogP contribution in [0.4, 0.5) is 5.00 Å². The molecule has 0 saturated carbocycles. The zero-order chi connectivity index (χ0) is 15.4. The van der Waals surface area contributed by atoms with Crippen molar-refractivity contribution in [3.05, 3.63) is 16.0 Å². The van der Waals surface area contributed by atoms with E-state index in [-0.39, 0.29) is 11.7 Å². The van der Waals surface area contributed by atoms with Crippen LogP contribution in [0, 0.1) is 18.3 Å². The van der Waals surface area contributed by atoms with E-state index in [0.717, 1.165) is 25.9 Å². The van der Waals surface area contributed by atoms with Crippen LogP contribution in [0.1, 0.15) is 47.0 Å². The first kappa shape index (κ1) is 15.7. The summed E-state index contributed by atoms with van der Waals surface area (Å²) in [7, 11) is 0. The minimum atomic E-state index is -0.121. The number of rotatable bonds is 4. The highest BCUT2D eigenvalue weighted by atomic mass is 32.1. The molecule has 2 heterocycles. The molecule has 0 radical (unpaired) electrons. The van der Waals surface area contributed by atoms with Gasteiger partial charge in [-0.1, -0.05) is 6.42 Å². The van der Waals surface area contributed by atoms with Crippen LogP contribution in [0.5, 0.6) is 0 Å². The van der Waals surface area contributed by atoms with Crippen molar-refractivity contribution >= 4 is 28.0 Å². The number of carbonyl (C=O) groups excluding carboxylic acids is 2.